The number of aromatic nitrogens is 1. The third-order valence-electron chi connectivity index (χ3n) is 3.77. The van der Waals surface area contributed by atoms with Crippen molar-refractivity contribution in [1.29, 1.82) is 0 Å². The maximum Gasteiger partial charge on any atom is 0.221 e. The highest BCUT2D eigenvalue weighted by atomic mass is 16.5. The number of nitrogens with zero attached hydrogens (tertiary/aromatic N) is 1. The van der Waals surface area contributed by atoms with E-state index in [1.807, 2.05) is 24.3 Å². The predicted molar refractivity (Wildman–Crippen MR) is 79.4 cm³/mol. The van der Waals surface area contributed by atoms with Gasteiger partial charge in [0.2, 0.25) is 5.88 Å². The van der Waals surface area contributed by atoms with Crippen molar-refractivity contribution in [3.63, 3.8) is 0 Å². The first kappa shape index (κ1) is 13.2. The van der Waals surface area contributed by atoms with Crippen molar-refractivity contribution in [2.45, 2.75) is 25.3 Å². The number of methoxy groups -OCH3 is 1. The van der Waals surface area contributed by atoms with Crippen molar-refractivity contribution in [3.8, 4) is 11.6 Å². The van der Waals surface area contributed by atoms with Gasteiger partial charge in [-0.15, -0.1) is 0 Å². The minimum atomic E-state index is 0.436. The smallest absolute Gasteiger partial charge is 0.221 e. The zero-order valence-corrected chi connectivity index (χ0v) is 11.8. The SMILES string of the molecule is COc1ccc2ccnc(OCC3CCCCN3)c2c1. The Kier molecular flexibility index (Phi) is 4.02. The van der Waals surface area contributed by atoms with Crippen LogP contribution in [-0.4, -0.2) is 31.3 Å². The molecule has 1 atom stereocenters. The maximum absolute atomic E-state index is 5.93. The van der Waals surface area contributed by atoms with Crippen molar-refractivity contribution in [2.24, 2.45) is 0 Å². The Labute approximate surface area is 119 Å². The van der Waals surface area contributed by atoms with Crippen LogP contribution in [-0.2, 0) is 0 Å². The van der Waals surface area contributed by atoms with Gasteiger partial charge in [-0.05, 0) is 43.0 Å². The zero-order valence-electron chi connectivity index (χ0n) is 11.8. The molecule has 1 aromatic heterocycles. The number of hydrogen-bond acceptors (Lipinski definition) is 4. The van der Waals surface area contributed by atoms with Crippen LogP contribution in [0.1, 0.15) is 19.3 Å². The number of ether oxygens (including phenoxy) is 2. The molecule has 2 heterocycles. The Morgan fingerprint density at radius 1 is 1.30 bits per heavy atom. The van der Waals surface area contributed by atoms with Gasteiger partial charge in [0.25, 0.3) is 0 Å². The molecule has 4 heteroatoms. The van der Waals surface area contributed by atoms with Gasteiger partial charge < -0.3 is 14.8 Å². The van der Waals surface area contributed by atoms with Crippen molar-refractivity contribution in [1.82, 2.24) is 10.3 Å². The number of piperidine rings is 1. The second-order valence-electron chi connectivity index (χ2n) is 5.16. The van der Waals surface area contributed by atoms with Crippen LogP contribution >= 0.6 is 0 Å². The topological polar surface area (TPSA) is 43.4 Å². The fraction of sp³-hybridized carbons (Fsp3) is 0.438. The molecule has 0 aliphatic carbocycles. The normalized spacial score (nSPS) is 18.9. The molecular weight excluding hydrogens is 252 g/mol. The highest BCUT2D eigenvalue weighted by Crippen LogP contribution is 2.27. The third-order valence-corrected chi connectivity index (χ3v) is 3.77. The molecule has 20 heavy (non-hydrogen) atoms. The molecule has 1 aromatic carbocycles. The van der Waals surface area contributed by atoms with Crippen LogP contribution in [0.3, 0.4) is 0 Å². The molecule has 0 spiro atoms. The average molecular weight is 272 g/mol. The summed E-state index contributed by atoms with van der Waals surface area (Å²) in [6.45, 7) is 1.76. The van der Waals surface area contributed by atoms with E-state index in [0.29, 0.717) is 18.5 Å². The lowest BCUT2D eigenvalue weighted by Crippen LogP contribution is -2.38. The van der Waals surface area contributed by atoms with E-state index in [2.05, 4.69) is 10.3 Å². The molecule has 1 N–H and O–H groups in total. The molecule has 106 valence electrons. The van der Waals surface area contributed by atoms with Gasteiger partial charge in [-0.2, -0.15) is 0 Å². The van der Waals surface area contributed by atoms with Gasteiger partial charge in [-0.1, -0.05) is 12.5 Å². The zero-order chi connectivity index (χ0) is 13.8. The molecule has 0 bridgehead atoms. The Bertz CT molecular complexity index is 580. The molecule has 1 fully saturated rings. The van der Waals surface area contributed by atoms with Crippen molar-refractivity contribution in [3.05, 3.63) is 30.5 Å². The Hall–Kier alpha value is -1.81. The van der Waals surface area contributed by atoms with Crippen LogP contribution in [0.5, 0.6) is 11.6 Å². The number of rotatable bonds is 4. The van der Waals surface area contributed by atoms with E-state index in [-0.39, 0.29) is 0 Å². The van der Waals surface area contributed by atoms with Crippen LogP contribution in [0.25, 0.3) is 10.8 Å². The number of fused-ring (bicyclic) bond motifs is 1. The van der Waals surface area contributed by atoms with Gasteiger partial charge in [0, 0.05) is 17.6 Å². The molecule has 3 rings (SSSR count). The van der Waals surface area contributed by atoms with E-state index in [0.717, 1.165) is 23.1 Å². The quantitative estimate of drug-likeness (QED) is 0.929. The summed E-state index contributed by atoms with van der Waals surface area (Å²) in [5.74, 6) is 1.51. The lowest BCUT2D eigenvalue weighted by Gasteiger charge is -2.23. The fourth-order valence-corrected chi connectivity index (χ4v) is 2.61. The summed E-state index contributed by atoms with van der Waals surface area (Å²) < 4.78 is 11.2. The summed E-state index contributed by atoms with van der Waals surface area (Å²) >= 11 is 0. The van der Waals surface area contributed by atoms with Crippen molar-refractivity contribution >= 4 is 10.8 Å². The number of nitrogens with one attached hydrogen (secondary N) is 1. The summed E-state index contributed by atoms with van der Waals surface area (Å²) in [5, 5.41) is 5.60. The largest absolute Gasteiger partial charge is 0.497 e. The van der Waals surface area contributed by atoms with E-state index < -0.39 is 0 Å². The van der Waals surface area contributed by atoms with E-state index in [4.69, 9.17) is 9.47 Å². The van der Waals surface area contributed by atoms with Gasteiger partial charge in [0.1, 0.15) is 12.4 Å². The van der Waals surface area contributed by atoms with Gasteiger partial charge in [0.05, 0.1) is 7.11 Å². The van der Waals surface area contributed by atoms with Gasteiger partial charge in [-0.3, -0.25) is 0 Å². The molecular formula is C16H20N2O2. The summed E-state index contributed by atoms with van der Waals surface area (Å²) in [6, 6.07) is 8.38. The van der Waals surface area contributed by atoms with Crippen LogP contribution in [0, 0.1) is 0 Å². The molecule has 1 aliphatic heterocycles. The first-order valence-electron chi connectivity index (χ1n) is 7.16. The first-order chi connectivity index (χ1) is 9.86. The fourth-order valence-electron chi connectivity index (χ4n) is 2.61. The second kappa shape index (κ2) is 6.09. The van der Waals surface area contributed by atoms with Crippen LogP contribution < -0.4 is 14.8 Å². The Morgan fingerprint density at radius 3 is 3.05 bits per heavy atom. The summed E-state index contributed by atoms with van der Waals surface area (Å²) in [7, 11) is 1.67. The molecule has 1 saturated heterocycles. The predicted octanol–water partition coefficient (Wildman–Crippen LogP) is 2.76. The summed E-state index contributed by atoms with van der Waals surface area (Å²) in [6.07, 6.45) is 5.50. The van der Waals surface area contributed by atoms with Crippen LogP contribution in [0.15, 0.2) is 30.5 Å². The number of hydrogen-bond donors (Lipinski definition) is 1. The van der Waals surface area contributed by atoms with Crippen molar-refractivity contribution < 1.29 is 9.47 Å². The van der Waals surface area contributed by atoms with E-state index in [1.165, 1.54) is 19.3 Å². The molecule has 0 saturated carbocycles. The molecule has 0 amide bonds. The van der Waals surface area contributed by atoms with Gasteiger partial charge >= 0.3 is 0 Å². The van der Waals surface area contributed by atoms with Crippen LogP contribution in [0.4, 0.5) is 0 Å². The minimum absolute atomic E-state index is 0.436. The van der Waals surface area contributed by atoms with Gasteiger partial charge in [0.15, 0.2) is 0 Å². The molecule has 1 aliphatic rings. The molecule has 1 unspecified atom stereocenters. The van der Waals surface area contributed by atoms with E-state index >= 15 is 0 Å². The highest BCUT2D eigenvalue weighted by Gasteiger charge is 2.14. The van der Waals surface area contributed by atoms with Crippen molar-refractivity contribution in [2.75, 3.05) is 20.3 Å². The second-order valence-corrected chi connectivity index (χ2v) is 5.16. The standard InChI is InChI=1S/C16H20N2O2/c1-19-14-6-5-12-7-9-18-16(15(12)10-14)20-11-13-4-2-3-8-17-13/h5-7,9-10,13,17H,2-4,8,11H2,1H3. The monoisotopic (exact) mass is 272 g/mol. The van der Waals surface area contributed by atoms with Crippen LogP contribution in [0.2, 0.25) is 0 Å². The number of pyridine rings is 1. The molecule has 0 radical (unpaired) electrons. The third kappa shape index (κ3) is 2.85. The first-order valence-corrected chi connectivity index (χ1v) is 7.16. The summed E-state index contributed by atoms with van der Waals surface area (Å²) in [5.41, 5.74) is 0. The average Bonchev–Trinajstić information content (AvgIpc) is 2.53. The van der Waals surface area contributed by atoms with Gasteiger partial charge in [-0.25, -0.2) is 4.98 Å². The number of benzene rings is 1. The molecule has 4 nitrogen and oxygen atoms in total. The Balaban J connectivity index is 1.79. The minimum Gasteiger partial charge on any atom is -0.497 e. The maximum atomic E-state index is 5.93. The Morgan fingerprint density at radius 2 is 2.25 bits per heavy atom. The van der Waals surface area contributed by atoms with E-state index in [9.17, 15) is 0 Å². The lowest BCUT2D eigenvalue weighted by atomic mass is 10.1. The lowest BCUT2D eigenvalue weighted by molar-refractivity contribution is 0.234. The molecule has 2 aromatic rings. The van der Waals surface area contributed by atoms with E-state index in [1.54, 1.807) is 13.3 Å². The summed E-state index contributed by atoms with van der Waals surface area (Å²) in [4.78, 5) is 4.36. The highest BCUT2D eigenvalue weighted by molar-refractivity contribution is 5.87.